The van der Waals surface area contributed by atoms with Crippen LogP contribution in [0.15, 0.2) is 170 Å². The van der Waals surface area contributed by atoms with Gasteiger partial charge in [0, 0.05) is 40.0 Å². The van der Waals surface area contributed by atoms with Crippen LogP contribution in [0.3, 0.4) is 0 Å². The molecule has 0 aliphatic heterocycles. The Kier molecular flexibility index (Phi) is 6.60. The van der Waals surface area contributed by atoms with Crippen molar-refractivity contribution in [3.8, 4) is 45.1 Å². The molecule has 252 valence electrons. The molecule has 3 aromatic heterocycles. The number of fused-ring (bicyclic) bond motifs is 7. The van der Waals surface area contributed by atoms with E-state index in [9.17, 15) is 5.11 Å². The smallest absolute Gasteiger partial charge is 0.198 e. The summed E-state index contributed by atoms with van der Waals surface area (Å²) in [5, 5.41) is 19.5. The zero-order valence-corrected chi connectivity index (χ0v) is 28.8. The summed E-state index contributed by atoms with van der Waals surface area (Å²) in [6.45, 7) is 0. The predicted molar refractivity (Wildman–Crippen MR) is 220 cm³/mol. The second kappa shape index (κ2) is 11.8. The van der Waals surface area contributed by atoms with Crippen molar-refractivity contribution >= 4 is 65.4 Å². The summed E-state index contributed by atoms with van der Waals surface area (Å²) in [6, 6.07) is 55.4. The minimum atomic E-state index is 0.191. The molecular weight excluding hydrogens is 663 g/mol. The molecule has 0 bridgehead atoms. The summed E-state index contributed by atoms with van der Waals surface area (Å²) in [7, 11) is 0. The monoisotopic (exact) mass is 691 g/mol. The molecule has 0 fully saturated rings. The van der Waals surface area contributed by atoms with Gasteiger partial charge in [0.1, 0.15) is 5.75 Å². The topological polar surface area (TPSA) is 76.7 Å². The number of aromatic hydroxyl groups is 1. The van der Waals surface area contributed by atoms with Crippen LogP contribution in [-0.4, -0.2) is 29.6 Å². The number of benzene rings is 8. The van der Waals surface area contributed by atoms with Gasteiger partial charge in [0.25, 0.3) is 0 Å². The molecule has 0 atom stereocenters. The molecular formula is C48H29N5O. The third kappa shape index (κ3) is 4.81. The average Bonchev–Trinajstić information content (AvgIpc) is 3.55. The second-order valence-corrected chi connectivity index (χ2v) is 13.7. The van der Waals surface area contributed by atoms with Crippen molar-refractivity contribution in [3.63, 3.8) is 0 Å². The SMILES string of the molecule is Oc1ccc(-c2nc3nccnc3nc2-c2ccc3cc(-n4c5cc6ccccc6cc5c5c(-c6ccc7ccccc7c6)cccc54)ccc3c2)cc1. The van der Waals surface area contributed by atoms with Gasteiger partial charge < -0.3 is 9.67 Å². The summed E-state index contributed by atoms with van der Waals surface area (Å²) in [5.74, 6) is 0.191. The molecule has 0 saturated heterocycles. The predicted octanol–water partition coefficient (Wildman–Crippen LogP) is 11.7. The van der Waals surface area contributed by atoms with Gasteiger partial charge in [-0.2, -0.15) is 0 Å². The van der Waals surface area contributed by atoms with Crippen molar-refractivity contribution in [2.75, 3.05) is 0 Å². The number of hydrogen-bond donors (Lipinski definition) is 1. The van der Waals surface area contributed by atoms with Crippen LogP contribution in [0.25, 0.3) is 105 Å². The highest BCUT2D eigenvalue weighted by Crippen LogP contribution is 2.41. The minimum Gasteiger partial charge on any atom is -0.508 e. The maximum atomic E-state index is 9.97. The normalized spacial score (nSPS) is 11.8. The summed E-state index contributed by atoms with van der Waals surface area (Å²) in [6.07, 6.45) is 3.25. The van der Waals surface area contributed by atoms with E-state index in [0.29, 0.717) is 22.7 Å². The lowest BCUT2D eigenvalue weighted by atomic mass is 9.96. The molecule has 0 aliphatic rings. The van der Waals surface area contributed by atoms with Crippen LogP contribution in [0.1, 0.15) is 0 Å². The Balaban J connectivity index is 1.10. The quantitative estimate of drug-likeness (QED) is 0.199. The third-order valence-corrected chi connectivity index (χ3v) is 10.5. The molecule has 8 aromatic carbocycles. The Bertz CT molecular complexity index is 3290. The molecule has 0 aliphatic carbocycles. The van der Waals surface area contributed by atoms with Crippen LogP contribution in [0, 0.1) is 0 Å². The first kappa shape index (κ1) is 30.2. The lowest BCUT2D eigenvalue weighted by molar-refractivity contribution is 0.475. The largest absolute Gasteiger partial charge is 0.508 e. The van der Waals surface area contributed by atoms with E-state index in [0.717, 1.165) is 33.1 Å². The summed E-state index contributed by atoms with van der Waals surface area (Å²) in [5.41, 5.74) is 9.92. The van der Waals surface area contributed by atoms with Crippen molar-refractivity contribution in [1.29, 1.82) is 0 Å². The molecule has 1 N–H and O–H groups in total. The standard InChI is InChI=1S/C48H29N5O/c54-39-20-17-30(18-21-39)45-46(52-48-47(51-45)49-22-23-50-48)37-15-13-35-26-38(19-16-34(35)25-37)53-42-11-5-10-40(36-14-12-29-6-1-2-7-31(29)24-36)44(42)41-27-32-8-3-4-9-33(32)28-43(41)53/h1-28,54H. The maximum absolute atomic E-state index is 9.97. The molecule has 6 nitrogen and oxygen atoms in total. The molecule has 3 heterocycles. The zero-order valence-electron chi connectivity index (χ0n) is 28.8. The van der Waals surface area contributed by atoms with Gasteiger partial charge >= 0.3 is 0 Å². The Morgan fingerprint density at radius 1 is 0.426 bits per heavy atom. The average molecular weight is 692 g/mol. The lowest BCUT2D eigenvalue weighted by Gasteiger charge is -2.13. The number of phenolic OH excluding ortho intramolecular Hbond substituents is 1. The van der Waals surface area contributed by atoms with Gasteiger partial charge in [0.2, 0.25) is 0 Å². The van der Waals surface area contributed by atoms with Crippen molar-refractivity contribution < 1.29 is 5.11 Å². The molecule has 0 amide bonds. The van der Waals surface area contributed by atoms with Crippen molar-refractivity contribution in [1.82, 2.24) is 24.5 Å². The molecule has 6 heteroatoms. The van der Waals surface area contributed by atoms with Gasteiger partial charge in [-0.15, -0.1) is 0 Å². The van der Waals surface area contributed by atoms with Crippen LogP contribution in [0.2, 0.25) is 0 Å². The Morgan fingerprint density at radius 2 is 1.00 bits per heavy atom. The van der Waals surface area contributed by atoms with E-state index in [1.165, 1.54) is 49.0 Å². The number of rotatable bonds is 4. The summed E-state index contributed by atoms with van der Waals surface area (Å²) in [4.78, 5) is 18.7. The summed E-state index contributed by atoms with van der Waals surface area (Å²) < 4.78 is 2.41. The van der Waals surface area contributed by atoms with Crippen molar-refractivity contribution in [3.05, 3.63) is 170 Å². The van der Waals surface area contributed by atoms with E-state index >= 15 is 0 Å². The first-order chi connectivity index (χ1) is 26.6. The van der Waals surface area contributed by atoms with Crippen molar-refractivity contribution in [2.24, 2.45) is 0 Å². The molecule has 11 rings (SSSR count). The minimum absolute atomic E-state index is 0.191. The van der Waals surface area contributed by atoms with Gasteiger partial charge in [-0.1, -0.05) is 91.0 Å². The van der Waals surface area contributed by atoms with Gasteiger partial charge in [-0.3, -0.25) is 0 Å². The van der Waals surface area contributed by atoms with E-state index in [1.54, 1.807) is 24.5 Å². The van der Waals surface area contributed by atoms with Gasteiger partial charge in [-0.25, -0.2) is 19.9 Å². The summed E-state index contributed by atoms with van der Waals surface area (Å²) >= 11 is 0. The van der Waals surface area contributed by atoms with E-state index < -0.39 is 0 Å². The van der Waals surface area contributed by atoms with E-state index in [4.69, 9.17) is 9.97 Å². The molecule has 0 spiro atoms. The lowest BCUT2D eigenvalue weighted by Crippen LogP contribution is -1.98. The fourth-order valence-electron chi connectivity index (χ4n) is 7.97. The highest BCUT2D eigenvalue weighted by atomic mass is 16.3. The molecule has 54 heavy (non-hydrogen) atoms. The number of nitrogens with zero attached hydrogens (tertiary/aromatic N) is 5. The number of aromatic nitrogens is 5. The second-order valence-electron chi connectivity index (χ2n) is 13.7. The van der Waals surface area contributed by atoms with E-state index in [2.05, 4.69) is 148 Å². The molecule has 0 saturated carbocycles. The van der Waals surface area contributed by atoms with Crippen LogP contribution < -0.4 is 0 Å². The van der Waals surface area contributed by atoms with E-state index in [-0.39, 0.29) is 5.75 Å². The number of phenols is 1. The Hall–Kier alpha value is -7.44. The van der Waals surface area contributed by atoms with Crippen LogP contribution in [0.5, 0.6) is 5.75 Å². The molecule has 0 radical (unpaired) electrons. The zero-order chi connectivity index (χ0) is 35.8. The Labute approximate surface area is 309 Å². The first-order valence-corrected chi connectivity index (χ1v) is 17.9. The first-order valence-electron chi connectivity index (χ1n) is 17.9. The van der Waals surface area contributed by atoms with Gasteiger partial charge in [0.15, 0.2) is 11.3 Å². The fraction of sp³-hybridized carbons (Fsp3) is 0. The highest BCUT2D eigenvalue weighted by molar-refractivity contribution is 6.19. The Morgan fingerprint density at radius 3 is 1.78 bits per heavy atom. The van der Waals surface area contributed by atoms with Crippen LogP contribution >= 0.6 is 0 Å². The number of hydrogen-bond acceptors (Lipinski definition) is 5. The third-order valence-electron chi connectivity index (χ3n) is 10.5. The fourth-order valence-corrected chi connectivity index (χ4v) is 7.97. The van der Waals surface area contributed by atoms with Crippen LogP contribution in [0.4, 0.5) is 0 Å². The maximum Gasteiger partial charge on any atom is 0.198 e. The highest BCUT2D eigenvalue weighted by Gasteiger charge is 2.19. The van der Waals surface area contributed by atoms with Gasteiger partial charge in [-0.05, 0) is 110 Å². The van der Waals surface area contributed by atoms with E-state index in [1.807, 2.05) is 12.1 Å². The molecule has 0 unspecified atom stereocenters. The van der Waals surface area contributed by atoms with Gasteiger partial charge in [0.05, 0.1) is 22.4 Å². The van der Waals surface area contributed by atoms with Crippen molar-refractivity contribution in [2.45, 2.75) is 0 Å². The van der Waals surface area contributed by atoms with Crippen LogP contribution in [-0.2, 0) is 0 Å². The molecule has 11 aromatic rings.